The number of ether oxygens (including phenoxy) is 1. The summed E-state index contributed by atoms with van der Waals surface area (Å²) in [5, 5.41) is 0. The minimum atomic E-state index is 0.167. The molecule has 3 rings (SSSR count). The van der Waals surface area contributed by atoms with Crippen molar-refractivity contribution in [3.63, 3.8) is 0 Å². The summed E-state index contributed by atoms with van der Waals surface area (Å²) in [5.41, 5.74) is 4.00. The molecular weight excluding hydrogens is 373 g/mol. The Labute approximate surface area is 140 Å². The third-order valence-electron chi connectivity index (χ3n) is 3.86. The van der Waals surface area contributed by atoms with Crippen molar-refractivity contribution in [1.82, 2.24) is 0 Å². The highest BCUT2D eigenvalue weighted by atomic mass is 127. The summed E-state index contributed by atoms with van der Waals surface area (Å²) >= 11 is 2.33. The summed E-state index contributed by atoms with van der Waals surface area (Å²) in [6.07, 6.45) is 0. The number of hydrogen-bond acceptors (Lipinski definition) is 2. The average molecular weight is 393 g/mol. The highest BCUT2D eigenvalue weighted by molar-refractivity contribution is 14.1. The Morgan fingerprint density at radius 3 is 2.43 bits per heavy atom. The first kappa shape index (κ1) is 14.7. The Kier molecular flexibility index (Phi) is 3.86. The van der Waals surface area contributed by atoms with Gasteiger partial charge in [0, 0.05) is 21.4 Å². The van der Waals surface area contributed by atoms with E-state index in [0.29, 0.717) is 6.73 Å². The van der Waals surface area contributed by atoms with E-state index in [1.165, 1.54) is 20.4 Å². The Morgan fingerprint density at radius 1 is 1.05 bits per heavy atom. The zero-order valence-corrected chi connectivity index (χ0v) is 14.8. The second-order valence-corrected chi connectivity index (χ2v) is 7.77. The van der Waals surface area contributed by atoms with Gasteiger partial charge in [0.1, 0.15) is 5.75 Å². The van der Waals surface area contributed by atoms with Gasteiger partial charge < -0.3 is 9.64 Å². The number of rotatable bonds is 1. The highest BCUT2D eigenvalue weighted by Crippen LogP contribution is 2.32. The number of halogens is 1. The minimum Gasteiger partial charge on any atom is -0.473 e. The zero-order valence-electron chi connectivity index (χ0n) is 12.7. The summed E-state index contributed by atoms with van der Waals surface area (Å²) < 4.78 is 7.17. The first-order valence-electron chi connectivity index (χ1n) is 7.20. The van der Waals surface area contributed by atoms with Gasteiger partial charge in [-0.15, -0.1) is 0 Å². The topological polar surface area (TPSA) is 12.5 Å². The highest BCUT2D eigenvalue weighted by Gasteiger charge is 2.21. The van der Waals surface area contributed by atoms with E-state index in [1.807, 2.05) is 0 Å². The minimum absolute atomic E-state index is 0.167. The van der Waals surface area contributed by atoms with Crippen LogP contribution in [0.4, 0.5) is 5.69 Å². The number of anilines is 1. The molecule has 0 bridgehead atoms. The van der Waals surface area contributed by atoms with Crippen LogP contribution in [0.5, 0.6) is 5.75 Å². The standard InChI is InChI=1S/C18H20INO/c1-18(2,3)14-4-9-17-13(10-14)11-20(12-21-17)16-7-5-15(19)6-8-16/h4-10H,11-12H2,1-3H3. The molecule has 1 aliphatic rings. The van der Waals surface area contributed by atoms with Crippen LogP contribution in [0.1, 0.15) is 31.9 Å². The maximum Gasteiger partial charge on any atom is 0.161 e. The molecule has 0 aliphatic carbocycles. The van der Waals surface area contributed by atoms with Gasteiger partial charge in [0.2, 0.25) is 0 Å². The van der Waals surface area contributed by atoms with Gasteiger partial charge in [-0.2, -0.15) is 0 Å². The number of nitrogens with zero attached hydrogens (tertiary/aromatic N) is 1. The molecule has 110 valence electrons. The quantitative estimate of drug-likeness (QED) is 0.636. The predicted molar refractivity (Wildman–Crippen MR) is 96.0 cm³/mol. The molecule has 1 heterocycles. The van der Waals surface area contributed by atoms with Crippen LogP contribution in [0.15, 0.2) is 42.5 Å². The first-order valence-corrected chi connectivity index (χ1v) is 8.28. The van der Waals surface area contributed by atoms with Crippen molar-refractivity contribution in [3.8, 4) is 5.75 Å². The maximum absolute atomic E-state index is 5.91. The second-order valence-electron chi connectivity index (χ2n) is 6.52. The normalized spacial score (nSPS) is 14.6. The van der Waals surface area contributed by atoms with Gasteiger partial charge in [-0.1, -0.05) is 26.8 Å². The zero-order chi connectivity index (χ0) is 15.0. The molecule has 2 nitrogen and oxygen atoms in total. The molecule has 2 aromatic rings. The van der Waals surface area contributed by atoms with Crippen LogP contribution >= 0.6 is 22.6 Å². The molecule has 0 spiro atoms. The van der Waals surface area contributed by atoms with Gasteiger partial charge >= 0.3 is 0 Å². The molecule has 0 amide bonds. The van der Waals surface area contributed by atoms with Gasteiger partial charge in [-0.05, 0) is 70.0 Å². The Morgan fingerprint density at radius 2 is 1.76 bits per heavy atom. The lowest BCUT2D eigenvalue weighted by molar-refractivity contribution is 0.289. The van der Waals surface area contributed by atoms with E-state index in [4.69, 9.17) is 4.74 Å². The van der Waals surface area contributed by atoms with Crippen molar-refractivity contribution in [3.05, 3.63) is 57.2 Å². The number of fused-ring (bicyclic) bond motifs is 1. The molecule has 1 aliphatic heterocycles. The van der Waals surface area contributed by atoms with Crippen molar-refractivity contribution in [1.29, 1.82) is 0 Å². The predicted octanol–water partition coefficient (Wildman–Crippen LogP) is 4.95. The molecule has 0 fully saturated rings. The van der Waals surface area contributed by atoms with E-state index < -0.39 is 0 Å². The molecule has 0 radical (unpaired) electrons. The lowest BCUT2D eigenvalue weighted by atomic mass is 9.86. The monoisotopic (exact) mass is 393 g/mol. The molecular formula is C18H20INO. The molecule has 0 atom stereocenters. The van der Waals surface area contributed by atoms with Gasteiger partial charge in [0.05, 0.1) is 0 Å². The van der Waals surface area contributed by atoms with Crippen LogP contribution in [-0.4, -0.2) is 6.73 Å². The van der Waals surface area contributed by atoms with Crippen LogP contribution in [0.2, 0.25) is 0 Å². The van der Waals surface area contributed by atoms with E-state index in [9.17, 15) is 0 Å². The fourth-order valence-electron chi connectivity index (χ4n) is 2.53. The molecule has 21 heavy (non-hydrogen) atoms. The summed E-state index contributed by atoms with van der Waals surface area (Å²) in [7, 11) is 0. The van der Waals surface area contributed by atoms with Gasteiger partial charge in [0.25, 0.3) is 0 Å². The van der Waals surface area contributed by atoms with Crippen molar-refractivity contribution < 1.29 is 4.74 Å². The van der Waals surface area contributed by atoms with E-state index in [1.54, 1.807) is 0 Å². The summed E-state index contributed by atoms with van der Waals surface area (Å²) in [6, 6.07) is 15.2. The lowest BCUT2D eigenvalue weighted by Gasteiger charge is -2.32. The Bertz CT molecular complexity index is 643. The average Bonchev–Trinajstić information content (AvgIpc) is 2.46. The number of hydrogen-bond donors (Lipinski definition) is 0. The first-order chi connectivity index (χ1) is 9.93. The molecule has 0 N–H and O–H groups in total. The van der Waals surface area contributed by atoms with Crippen molar-refractivity contribution in [2.24, 2.45) is 0 Å². The fourth-order valence-corrected chi connectivity index (χ4v) is 2.89. The molecule has 0 aromatic heterocycles. The molecule has 0 unspecified atom stereocenters. The number of benzene rings is 2. The van der Waals surface area contributed by atoms with Gasteiger partial charge in [0.15, 0.2) is 6.73 Å². The summed E-state index contributed by atoms with van der Waals surface area (Å²) in [5.74, 6) is 1.02. The van der Waals surface area contributed by atoms with E-state index >= 15 is 0 Å². The molecule has 2 aromatic carbocycles. The smallest absolute Gasteiger partial charge is 0.161 e. The van der Waals surface area contributed by atoms with Crippen LogP contribution in [0, 0.1) is 3.57 Å². The third-order valence-corrected chi connectivity index (χ3v) is 4.57. The maximum atomic E-state index is 5.91. The van der Waals surface area contributed by atoms with E-state index in [-0.39, 0.29) is 5.41 Å². The van der Waals surface area contributed by atoms with Crippen LogP contribution in [-0.2, 0) is 12.0 Å². The summed E-state index contributed by atoms with van der Waals surface area (Å²) in [6.45, 7) is 8.25. The van der Waals surface area contributed by atoms with Crippen molar-refractivity contribution in [2.75, 3.05) is 11.6 Å². The Hall–Kier alpha value is -1.23. The Balaban J connectivity index is 1.88. The van der Waals surface area contributed by atoms with Crippen LogP contribution < -0.4 is 9.64 Å². The van der Waals surface area contributed by atoms with Gasteiger partial charge in [-0.3, -0.25) is 0 Å². The molecule has 0 saturated heterocycles. The van der Waals surface area contributed by atoms with Crippen molar-refractivity contribution in [2.45, 2.75) is 32.7 Å². The van der Waals surface area contributed by atoms with Crippen LogP contribution in [0.25, 0.3) is 0 Å². The van der Waals surface area contributed by atoms with Crippen LogP contribution in [0.3, 0.4) is 0 Å². The van der Waals surface area contributed by atoms with Gasteiger partial charge in [-0.25, -0.2) is 0 Å². The summed E-state index contributed by atoms with van der Waals surface area (Å²) in [4.78, 5) is 2.27. The largest absolute Gasteiger partial charge is 0.473 e. The molecule has 0 saturated carbocycles. The lowest BCUT2D eigenvalue weighted by Crippen LogP contribution is -2.32. The fraction of sp³-hybridized carbons (Fsp3) is 0.333. The van der Waals surface area contributed by atoms with E-state index in [2.05, 4.69) is 90.7 Å². The third kappa shape index (κ3) is 3.18. The molecule has 3 heteroatoms. The SMILES string of the molecule is CC(C)(C)c1ccc2c(c1)CN(c1ccc(I)cc1)CO2. The van der Waals surface area contributed by atoms with Crippen molar-refractivity contribution >= 4 is 28.3 Å². The van der Waals surface area contributed by atoms with E-state index in [0.717, 1.165) is 12.3 Å². The second kappa shape index (κ2) is 5.52.